The third kappa shape index (κ3) is 4.48. The standard InChI is InChI=1S/C5H11ClN2S/c1-5(2,3-6)8-4(7)9/h3H2,1-2H3,(H3,7,8,9). The average Bonchev–Trinajstić information content (AvgIpc) is 1.63. The molecule has 0 saturated heterocycles. The zero-order valence-electron chi connectivity index (χ0n) is 5.57. The molecule has 0 aliphatic rings. The van der Waals surface area contributed by atoms with Crippen molar-refractivity contribution in [1.29, 1.82) is 0 Å². The Hall–Kier alpha value is -0.0200. The van der Waals surface area contributed by atoms with Gasteiger partial charge in [0, 0.05) is 11.4 Å². The fourth-order valence-corrected chi connectivity index (χ4v) is 0.710. The molecule has 0 atom stereocenters. The van der Waals surface area contributed by atoms with Gasteiger partial charge >= 0.3 is 0 Å². The van der Waals surface area contributed by atoms with E-state index in [-0.39, 0.29) is 5.54 Å². The molecule has 0 aromatic rings. The summed E-state index contributed by atoms with van der Waals surface area (Å²) in [6.07, 6.45) is 0. The molecule has 0 aliphatic heterocycles. The van der Waals surface area contributed by atoms with Crippen molar-refractivity contribution in [3.05, 3.63) is 0 Å². The van der Waals surface area contributed by atoms with E-state index in [2.05, 4.69) is 17.5 Å². The molecule has 4 heteroatoms. The third-order valence-electron chi connectivity index (χ3n) is 0.796. The highest BCUT2D eigenvalue weighted by Crippen LogP contribution is 2.02. The lowest BCUT2D eigenvalue weighted by molar-refractivity contribution is 0.520. The van der Waals surface area contributed by atoms with Gasteiger partial charge in [0.15, 0.2) is 5.11 Å². The molecule has 0 rings (SSSR count). The number of nitrogens with two attached hydrogens (primary N) is 1. The molecule has 0 aromatic heterocycles. The van der Waals surface area contributed by atoms with Crippen LogP contribution in [0.4, 0.5) is 0 Å². The van der Waals surface area contributed by atoms with E-state index < -0.39 is 0 Å². The fraction of sp³-hybridized carbons (Fsp3) is 0.800. The lowest BCUT2D eigenvalue weighted by Crippen LogP contribution is -2.47. The number of hydrogen-bond donors (Lipinski definition) is 2. The van der Waals surface area contributed by atoms with Gasteiger partial charge in [0.05, 0.1) is 0 Å². The van der Waals surface area contributed by atoms with Crippen LogP contribution in [0.3, 0.4) is 0 Å². The Morgan fingerprint density at radius 1 is 1.78 bits per heavy atom. The van der Waals surface area contributed by atoms with Crippen molar-refractivity contribution in [2.45, 2.75) is 19.4 Å². The second-order valence-corrected chi connectivity index (χ2v) is 3.21. The minimum absolute atomic E-state index is 0.187. The van der Waals surface area contributed by atoms with Crippen LogP contribution >= 0.6 is 23.8 Å². The third-order valence-corrected chi connectivity index (χ3v) is 1.57. The molecule has 0 aliphatic carbocycles. The van der Waals surface area contributed by atoms with Crippen molar-refractivity contribution in [2.75, 3.05) is 5.88 Å². The van der Waals surface area contributed by atoms with E-state index in [4.69, 9.17) is 17.3 Å². The van der Waals surface area contributed by atoms with Gasteiger partial charge < -0.3 is 11.1 Å². The minimum atomic E-state index is -0.187. The van der Waals surface area contributed by atoms with Crippen LogP contribution in [-0.4, -0.2) is 16.5 Å². The van der Waals surface area contributed by atoms with Gasteiger partial charge in [-0.2, -0.15) is 0 Å². The van der Waals surface area contributed by atoms with Crippen LogP contribution in [0.2, 0.25) is 0 Å². The maximum atomic E-state index is 5.56. The summed E-state index contributed by atoms with van der Waals surface area (Å²) in [6.45, 7) is 3.86. The fourth-order valence-electron chi connectivity index (χ4n) is 0.367. The highest BCUT2D eigenvalue weighted by atomic mass is 35.5. The number of thiocarbonyl (C=S) groups is 1. The first-order valence-corrected chi connectivity index (χ1v) is 3.56. The molecule has 0 amide bonds. The first kappa shape index (κ1) is 8.98. The average molecular weight is 167 g/mol. The summed E-state index contributed by atoms with van der Waals surface area (Å²) < 4.78 is 0. The quantitative estimate of drug-likeness (QED) is 0.472. The predicted molar refractivity (Wildman–Crippen MR) is 44.7 cm³/mol. The van der Waals surface area contributed by atoms with Gasteiger partial charge in [-0.3, -0.25) is 0 Å². The van der Waals surface area contributed by atoms with Crippen molar-refractivity contribution in [1.82, 2.24) is 5.32 Å². The highest BCUT2D eigenvalue weighted by Gasteiger charge is 2.14. The Kier molecular flexibility index (Phi) is 3.22. The van der Waals surface area contributed by atoms with Crippen LogP contribution in [0.1, 0.15) is 13.8 Å². The van der Waals surface area contributed by atoms with Crippen molar-refractivity contribution >= 4 is 28.9 Å². The summed E-state index contributed by atoms with van der Waals surface area (Å²) in [5.74, 6) is 0.490. The van der Waals surface area contributed by atoms with Crippen LogP contribution in [0.15, 0.2) is 0 Å². The molecule has 54 valence electrons. The first-order valence-electron chi connectivity index (χ1n) is 2.61. The summed E-state index contributed by atoms with van der Waals surface area (Å²) in [6, 6.07) is 0. The van der Waals surface area contributed by atoms with Gasteiger partial charge in [-0.25, -0.2) is 0 Å². The monoisotopic (exact) mass is 166 g/mol. The molecule has 9 heavy (non-hydrogen) atoms. The van der Waals surface area contributed by atoms with E-state index >= 15 is 0 Å². The molecule has 0 fully saturated rings. The van der Waals surface area contributed by atoms with Gasteiger partial charge in [0.1, 0.15) is 0 Å². The van der Waals surface area contributed by atoms with Crippen LogP contribution in [0.25, 0.3) is 0 Å². The Bertz CT molecular complexity index is 114. The van der Waals surface area contributed by atoms with E-state index in [0.29, 0.717) is 11.0 Å². The molecule has 0 saturated carbocycles. The summed E-state index contributed by atoms with van der Waals surface area (Å²) >= 11 is 10.2. The van der Waals surface area contributed by atoms with Crippen LogP contribution in [0.5, 0.6) is 0 Å². The van der Waals surface area contributed by atoms with Crippen molar-refractivity contribution in [2.24, 2.45) is 5.73 Å². The lowest BCUT2D eigenvalue weighted by atomic mass is 10.1. The smallest absolute Gasteiger partial charge is 0.164 e. The molecule has 0 bridgehead atoms. The molecule has 2 nitrogen and oxygen atoms in total. The Labute approximate surface area is 65.8 Å². The summed E-state index contributed by atoms with van der Waals surface area (Å²) in [5.41, 5.74) is 5.03. The Morgan fingerprint density at radius 2 is 2.22 bits per heavy atom. The largest absolute Gasteiger partial charge is 0.376 e. The first-order chi connectivity index (χ1) is 3.98. The van der Waals surface area contributed by atoms with E-state index in [1.807, 2.05) is 13.8 Å². The Morgan fingerprint density at radius 3 is 2.33 bits per heavy atom. The van der Waals surface area contributed by atoms with Crippen LogP contribution in [0, 0.1) is 0 Å². The zero-order chi connectivity index (χ0) is 7.49. The number of rotatable bonds is 2. The summed E-state index contributed by atoms with van der Waals surface area (Å²) in [5, 5.41) is 3.14. The molecule has 0 heterocycles. The Balaban J connectivity index is 3.71. The molecule has 0 unspecified atom stereocenters. The van der Waals surface area contributed by atoms with E-state index in [0.717, 1.165) is 0 Å². The second-order valence-electron chi connectivity index (χ2n) is 2.51. The summed E-state index contributed by atoms with van der Waals surface area (Å²) in [4.78, 5) is 0. The van der Waals surface area contributed by atoms with Crippen LogP contribution in [-0.2, 0) is 0 Å². The highest BCUT2D eigenvalue weighted by molar-refractivity contribution is 7.80. The van der Waals surface area contributed by atoms with Crippen molar-refractivity contribution < 1.29 is 0 Å². The maximum absolute atomic E-state index is 5.56. The van der Waals surface area contributed by atoms with Gasteiger partial charge in [-0.15, -0.1) is 11.6 Å². The van der Waals surface area contributed by atoms with Gasteiger partial charge in [-0.05, 0) is 26.1 Å². The zero-order valence-corrected chi connectivity index (χ0v) is 7.14. The van der Waals surface area contributed by atoms with Gasteiger partial charge in [0.2, 0.25) is 0 Å². The van der Waals surface area contributed by atoms with E-state index in [1.54, 1.807) is 0 Å². The molecule has 0 radical (unpaired) electrons. The lowest BCUT2D eigenvalue weighted by Gasteiger charge is -2.22. The number of alkyl halides is 1. The maximum Gasteiger partial charge on any atom is 0.164 e. The molecule has 3 N–H and O–H groups in total. The molecule has 0 aromatic carbocycles. The number of hydrogen-bond acceptors (Lipinski definition) is 1. The summed E-state index contributed by atoms with van der Waals surface area (Å²) in [7, 11) is 0. The number of halogens is 1. The molecular formula is C5H11ClN2S. The van der Waals surface area contributed by atoms with E-state index in [9.17, 15) is 0 Å². The number of nitrogens with one attached hydrogen (secondary N) is 1. The van der Waals surface area contributed by atoms with Crippen LogP contribution < -0.4 is 11.1 Å². The van der Waals surface area contributed by atoms with E-state index in [1.165, 1.54) is 0 Å². The molecular weight excluding hydrogens is 156 g/mol. The SMILES string of the molecule is CC(C)(CCl)NC(N)=S. The topological polar surface area (TPSA) is 38.0 Å². The molecule has 0 spiro atoms. The van der Waals surface area contributed by atoms with Crippen molar-refractivity contribution in [3.63, 3.8) is 0 Å². The predicted octanol–water partition coefficient (Wildman–Crippen LogP) is 0.837. The minimum Gasteiger partial charge on any atom is -0.376 e. The second kappa shape index (κ2) is 3.22. The van der Waals surface area contributed by atoms with Gasteiger partial charge in [-0.1, -0.05) is 0 Å². The van der Waals surface area contributed by atoms with Gasteiger partial charge in [0.25, 0.3) is 0 Å². The normalized spacial score (nSPS) is 11.0. The van der Waals surface area contributed by atoms with Crippen molar-refractivity contribution in [3.8, 4) is 0 Å².